The number of primary amides is 1. The molecule has 0 spiro atoms. The van der Waals surface area contributed by atoms with Crippen LogP contribution in [-0.2, 0) is 0 Å². The number of amides is 3. The predicted octanol–water partition coefficient (Wildman–Crippen LogP) is 2.57. The molecule has 9 nitrogen and oxygen atoms in total. The van der Waals surface area contributed by atoms with E-state index in [1.54, 1.807) is 25.1 Å². The van der Waals surface area contributed by atoms with Crippen LogP contribution in [0.15, 0.2) is 18.2 Å². The zero-order chi connectivity index (χ0) is 21.3. The molecule has 0 unspecified atom stereocenters. The van der Waals surface area contributed by atoms with Gasteiger partial charge in [-0.2, -0.15) is 0 Å². The summed E-state index contributed by atoms with van der Waals surface area (Å²) in [4.78, 5) is 29.2. The van der Waals surface area contributed by atoms with Gasteiger partial charge in [0.2, 0.25) is 0 Å². The van der Waals surface area contributed by atoms with Gasteiger partial charge in [-0.1, -0.05) is 23.2 Å². The number of hydrogen-bond acceptors (Lipinski definition) is 5. The topological polar surface area (TPSA) is 146 Å². The summed E-state index contributed by atoms with van der Waals surface area (Å²) in [7, 11) is 0. The van der Waals surface area contributed by atoms with Crippen LogP contribution in [0.25, 0.3) is 0 Å². The number of rotatable bonds is 4. The Bertz CT molecular complexity index is 939. The SMILES string of the molecule is Cc1[nH]c(C(=O)Nc2ccc(N(N)C(N)=O)cc2N2CCC(N)CC2)c(Cl)c1Cl. The first-order valence-corrected chi connectivity index (χ1v) is 9.78. The number of aryl methyl sites for hydroxylation is 1. The van der Waals surface area contributed by atoms with Gasteiger partial charge in [0.05, 0.1) is 27.1 Å². The number of piperidine rings is 1. The van der Waals surface area contributed by atoms with Crippen LogP contribution >= 0.6 is 23.2 Å². The molecule has 29 heavy (non-hydrogen) atoms. The number of benzene rings is 1. The van der Waals surface area contributed by atoms with Crippen molar-refractivity contribution < 1.29 is 9.59 Å². The Morgan fingerprint density at radius 2 is 1.90 bits per heavy atom. The van der Waals surface area contributed by atoms with E-state index >= 15 is 0 Å². The Kier molecular flexibility index (Phi) is 6.23. The van der Waals surface area contributed by atoms with Crippen molar-refractivity contribution in [2.45, 2.75) is 25.8 Å². The van der Waals surface area contributed by atoms with Crippen molar-refractivity contribution in [3.8, 4) is 0 Å². The first-order chi connectivity index (χ1) is 13.7. The van der Waals surface area contributed by atoms with Crippen LogP contribution in [0.1, 0.15) is 29.0 Å². The highest BCUT2D eigenvalue weighted by Gasteiger charge is 2.23. The maximum atomic E-state index is 12.8. The zero-order valence-electron chi connectivity index (χ0n) is 15.8. The largest absolute Gasteiger partial charge is 0.370 e. The average molecular weight is 440 g/mol. The molecule has 1 saturated heterocycles. The average Bonchev–Trinajstić information content (AvgIpc) is 2.95. The van der Waals surface area contributed by atoms with Crippen molar-refractivity contribution in [2.75, 3.05) is 28.3 Å². The van der Waals surface area contributed by atoms with E-state index in [2.05, 4.69) is 15.2 Å². The third-order valence-corrected chi connectivity index (χ3v) is 5.85. The van der Waals surface area contributed by atoms with Gasteiger partial charge in [-0.05, 0) is 38.0 Å². The highest BCUT2D eigenvalue weighted by Crippen LogP contribution is 2.34. The Morgan fingerprint density at radius 3 is 2.45 bits per heavy atom. The summed E-state index contributed by atoms with van der Waals surface area (Å²) in [6.45, 7) is 3.12. The number of nitrogens with one attached hydrogen (secondary N) is 2. The lowest BCUT2D eigenvalue weighted by atomic mass is 10.0. The standard InChI is InChI=1S/C18H23Cl2N7O2/c1-9-14(19)15(20)16(24-9)17(28)25-12-3-2-11(27(23)18(22)29)8-13(12)26-6-4-10(21)5-7-26/h2-3,8,10,24H,4-7,21,23H2,1H3,(H2,22,29)(H,25,28). The van der Waals surface area contributed by atoms with Gasteiger partial charge in [0, 0.05) is 24.8 Å². The number of anilines is 3. The van der Waals surface area contributed by atoms with Crippen molar-refractivity contribution in [1.82, 2.24) is 4.98 Å². The molecule has 0 radical (unpaired) electrons. The maximum absolute atomic E-state index is 12.8. The highest BCUT2D eigenvalue weighted by molar-refractivity contribution is 6.44. The summed E-state index contributed by atoms with van der Waals surface area (Å²) in [6, 6.07) is 4.29. The normalized spacial score (nSPS) is 14.7. The number of hydrogen-bond donors (Lipinski definition) is 5. The van der Waals surface area contributed by atoms with Crippen LogP contribution in [0.2, 0.25) is 10.0 Å². The molecular weight excluding hydrogens is 417 g/mol. The number of H-pyrrole nitrogens is 1. The molecule has 0 atom stereocenters. The van der Waals surface area contributed by atoms with E-state index in [1.807, 2.05) is 0 Å². The molecular formula is C18H23Cl2N7O2. The fourth-order valence-corrected chi connectivity index (χ4v) is 3.63. The minimum absolute atomic E-state index is 0.131. The number of hydrazine groups is 1. The van der Waals surface area contributed by atoms with E-state index in [4.69, 9.17) is 40.5 Å². The third-order valence-electron chi connectivity index (χ3n) is 4.91. The molecule has 1 fully saturated rings. The smallest absolute Gasteiger partial charge is 0.333 e. The second kappa shape index (κ2) is 8.50. The number of aromatic amines is 1. The molecule has 1 aliphatic heterocycles. The first-order valence-electron chi connectivity index (χ1n) is 9.02. The first kappa shape index (κ1) is 21.3. The van der Waals surface area contributed by atoms with Crippen LogP contribution < -0.4 is 32.5 Å². The number of urea groups is 1. The summed E-state index contributed by atoms with van der Waals surface area (Å²) < 4.78 is 0. The molecule has 0 saturated carbocycles. The molecule has 3 rings (SSSR count). The van der Waals surface area contributed by atoms with Gasteiger partial charge >= 0.3 is 6.03 Å². The van der Waals surface area contributed by atoms with Crippen molar-refractivity contribution in [1.29, 1.82) is 0 Å². The monoisotopic (exact) mass is 439 g/mol. The number of aromatic nitrogens is 1. The van der Waals surface area contributed by atoms with E-state index in [9.17, 15) is 9.59 Å². The Labute approximate surface area is 178 Å². The van der Waals surface area contributed by atoms with Gasteiger partial charge in [0.25, 0.3) is 5.91 Å². The molecule has 1 aromatic carbocycles. The fraction of sp³-hybridized carbons (Fsp3) is 0.333. The highest BCUT2D eigenvalue weighted by atomic mass is 35.5. The van der Waals surface area contributed by atoms with Gasteiger partial charge in [0.15, 0.2) is 0 Å². The Hall–Kier alpha value is -2.46. The minimum atomic E-state index is -0.795. The number of nitrogens with two attached hydrogens (primary N) is 3. The van der Waals surface area contributed by atoms with Crippen LogP contribution in [0.4, 0.5) is 21.9 Å². The lowest BCUT2D eigenvalue weighted by Gasteiger charge is -2.34. The van der Waals surface area contributed by atoms with Crippen molar-refractivity contribution in [3.63, 3.8) is 0 Å². The molecule has 2 aromatic rings. The minimum Gasteiger partial charge on any atom is -0.370 e. The zero-order valence-corrected chi connectivity index (χ0v) is 17.3. The summed E-state index contributed by atoms with van der Waals surface area (Å²) in [5.74, 6) is 5.30. The quantitative estimate of drug-likeness (QED) is 0.282. The van der Waals surface area contributed by atoms with Crippen LogP contribution in [0, 0.1) is 6.92 Å². The molecule has 3 amide bonds. The van der Waals surface area contributed by atoms with E-state index in [0.717, 1.165) is 17.9 Å². The van der Waals surface area contributed by atoms with E-state index in [-0.39, 0.29) is 16.8 Å². The number of halogens is 2. The number of carbonyl (C=O) groups is 2. The second-order valence-corrected chi connectivity index (χ2v) is 7.70. The number of nitrogens with zero attached hydrogens (tertiary/aromatic N) is 2. The van der Waals surface area contributed by atoms with Crippen LogP contribution in [-0.4, -0.2) is 36.1 Å². The van der Waals surface area contributed by atoms with E-state index in [0.29, 0.717) is 40.9 Å². The number of carbonyl (C=O) groups excluding carboxylic acids is 2. The molecule has 0 aliphatic carbocycles. The molecule has 1 aliphatic rings. The predicted molar refractivity (Wildman–Crippen MR) is 116 cm³/mol. The molecule has 0 bridgehead atoms. The fourth-order valence-electron chi connectivity index (χ4n) is 3.22. The van der Waals surface area contributed by atoms with Crippen molar-refractivity contribution >= 4 is 52.2 Å². The molecule has 156 valence electrons. The lowest BCUT2D eigenvalue weighted by molar-refractivity contribution is 0.102. The molecule has 2 heterocycles. The Balaban J connectivity index is 1.95. The van der Waals surface area contributed by atoms with E-state index < -0.39 is 11.9 Å². The summed E-state index contributed by atoms with van der Waals surface area (Å²) in [5, 5.41) is 4.15. The summed E-state index contributed by atoms with van der Waals surface area (Å²) in [5.41, 5.74) is 13.7. The van der Waals surface area contributed by atoms with Crippen molar-refractivity contribution in [2.24, 2.45) is 17.3 Å². The Morgan fingerprint density at radius 1 is 1.24 bits per heavy atom. The molecule has 11 heteroatoms. The second-order valence-electron chi connectivity index (χ2n) is 6.94. The summed E-state index contributed by atoms with van der Waals surface area (Å²) >= 11 is 12.2. The summed E-state index contributed by atoms with van der Waals surface area (Å²) in [6.07, 6.45) is 1.61. The van der Waals surface area contributed by atoms with E-state index in [1.165, 1.54) is 0 Å². The van der Waals surface area contributed by atoms with Gasteiger partial charge in [0.1, 0.15) is 5.69 Å². The van der Waals surface area contributed by atoms with Crippen molar-refractivity contribution in [3.05, 3.63) is 39.6 Å². The van der Waals surface area contributed by atoms with Crippen LogP contribution in [0.5, 0.6) is 0 Å². The van der Waals surface area contributed by atoms with Gasteiger partial charge in [-0.15, -0.1) is 0 Å². The lowest BCUT2D eigenvalue weighted by Crippen LogP contribution is -2.42. The van der Waals surface area contributed by atoms with Gasteiger partial charge in [-0.25, -0.2) is 15.6 Å². The third kappa shape index (κ3) is 4.43. The maximum Gasteiger partial charge on any atom is 0.333 e. The molecule has 1 aromatic heterocycles. The molecule has 8 N–H and O–H groups in total. The van der Waals surface area contributed by atoms with Gasteiger partial charge < -0.3 is 26.7 Å². The van der Waals surface area contributed by atoms with Crippen LogP contribution in [0.3, 0.4) is 0 Å². The van der Waals surface area contributed by atoms with Gasteiger partial charge in [-0.3, -0.25) is 4.79 Å².